The largest absolute Gasteiger partial charge is 0.370 e. The number of aryl methyl sites for hydroxylation is 1. The maximum absolute atomic E-state index is 12.9. The summed E-state index contributed by atoms with van der Waals surface area (Å²) in [7, 11) is 0. The number of anilines is 3. The Balaban J connectivity index is 1.41. The van der Waals surface area contributed by atoms with Gasteiger partial charge in [-0.25, -0.2) is 4.79 Å². The Labute approximate surface area is 195 Å². The zero-order chi connectivity index (χ0) is 22.7. The molecule has 0 saturated carbocycles. The SMILES string of the molecule is Cc1cc(NC(=O)[C@H]2CSCN2C(=O)Nc2ccc(Cl)cc2)ccc1N1CCOCC1=O. The fourth-order valence-corrected chi connectivity index (χ4v) is 4.90. The Morgan fingerprint density at radius 3 is 2.59 bits per heavy atom. The molecule has 0 aromatic heterocycles. The van der Waals surface area contributed by atoms with Crippen molar-refractivity contribution in [2.45, 2.75) is 13.0 Å². The van der Waals surface area contributed by atoms with Gasteiger partial charge >= 0.3 is 6.03 Å². The molecule has 0 aliphatic carbocycles. The maximum atomic E-state index is 12.9. The standard InChI is InChI=1S/C22H23ClN4O4S/c1-14-10-17(6-7-18(14)26-8-9-31-11-20(26)28)24-21(29)19-12-32-13-27(19)22(30)25-16-4-2-15(23)3-5-16/h2-7,10,19H,8-9,11-13H2,1H3,(H,24,29)(H,25,30)/t19-/m1/s1. The number of amides is 4. The topological polar surface area (TPSA) is 91.0 Å². The number of carbonyl (C=O) groups is 3. The van der Waals surface area contributed by atoms with E-state index in [9.17, 15) is 14.4 Å². The summed E-state index contributed by atoms with van der Waals surface area (Å²) in [5, 5.41) is 6.29. The van der Waals surface area contributed by atoms with Gasteiger partial charge in [0.05, 0.1) is 12.5 Å². The minimum atomic E-state index is -0.590. The van der Waals surface area contributed by atoms with Crippen LogP contribution in [0.1, 0.15) is 5.56 Å². The summed E-state index contributed by atoms with van der Waals surface area (Å²) in [5.41, 5.74) is 2.90. The fraction of sp³-hybridized carbons (Fsp3) is 0.318. The van der Waals surface area contributed by atoms with E-state index in [1.54, 1.807) is 35.2 Å². The normalized spacial score (nSPS) is 18.6. The Kier molecular flexibility index (Phi) is 6.88. The summed E-state index contributed by atoms with van der Waals surface area (Å²) in [6, 6.07) is 11.3. The number of rotatable bonds is 4. The highest BCUT2D eigenvalue weighted by molar-refractivity contribution is 7.99. The molecular formula is C22H23ClN4O4S. The summed E-state index contributed by atoms with van der Waals surface area (Å²) in [4.78, 5) is 41.0. The molecule has 2 aliphatic heterocycles. The molecule has 8 nitrogen and oxygen atoms in total. The van der Waals surface area contributed by atoms with Crippen LogP contribution < -0.4 is 15.5 Å². The van der Waals surface area contributed by atoms with Gasteiger partial charge in [-0.3, -0.25) is 9.59 Å². The van der Waals surface area contributed by atoms with Gasteiger partial charge in [0.25, 0.3) is 5.91 Å². The van der Waals surface area contributed by atoms with Crippen molar-refractivity contribution < 1.29 is 19.1 Å². The molecule has 2 aliphatic rings. The lowest BCUT2D eigenvalue weighted by atomic mass is 10.1. The first-order valence-electron chi connectivity index (χ1n) is 10.1. The van der Waals surface area contributed by atoms with Gasteiger partial charge in [0, 0.05) is 34.4 Å². The molecule has 0 spiro atoms. The van der Waals surface area contributed by atoms with Crippen molar-refractivity contribution >= 4 is 58.3 Å². The fourth-order valence-electron chi connectivity index (χ4n) is 3.62. The molecule has 2 heterocycles. The van der Waals surface area contributed by atoms with Crippen LogP contribution in [0.2, 0.25) is 5.02 Å². The molecule has 168 valence electrons. The van der Waals surface area contributed by atoms with Crippen LogP contribution >= 0.6 is 23.4 Å². The maximum Gasteiger partial charge on any atom is 0.323 e. The van der Waals surface area contributed by atoms with Crippen LogP contribution in [0.5, 0.6) is 0 Å². The Bertz CT molecular complexity index is 1030. The summed E-state index contributed by atoms with van der Waals surface area (Å²) in [5.74, 6) is 0.603. The average molecular weight is 475 g/mol. The van der Waals surface area contributed by atoms with Crippen LogP contribution in [0.4, 0.5) is 21.9 Å². The van der Waals surface area contributed by atoms with Crippen molar-refractivity contribution in [2.24, 2.45) is 0 Å². The van der Waals surface area contributed by atoms with Crippen LogP contribution in [0, 0.1) is 6.92 Å². The molecule has 0 bridgehead atoms. The first kappa shape index (κ1) is 22.4. The van der Waals surface area contributed by atoms with E-state index in [0.717, 1.165) is 11.3 Å². The summed E-state index contributed by atoms with van der Waals surface area (Å²) in [6.07, 6.45) is 0. The number of nitrogens with zero attached hydrogens (tertiary/aromatic N) is 2. The quantitative estimate of drug-likeness (QED) is 0.707. The third-order valence-electron chi connectivity index (χ3n) is 5.28. The van der Waals surface area contributed by atoms with Crippen LogP contribution in [-0.2, 0) is 14.3 Å². The second kappa shape index (κ2) is 9.81. The van der Waals surface area contributed by atoms with Gasteiger partial charge in [-0.2, -0.15) is 0 Å². The number of benzene rings is 2. The average Bonchev–Trinajstić information content (AvgIpc) is 3.27. The van der Waals surface area contributed by atoms with Gasteiger partial charge < -0.3 is 25.2 Å². The second-order valence-corrected chi connectivity index (χ2v) is 8.95. The molecule has 0 unspecified atom stereocenters. The molecule has 4 rings (SSSR count). The number of carbonyl (C=O) groups excluding carboxylic acids is 3. The Morgan fingerprint density at radius 1 is 1.12 bits per heavy atom. The van der Waals surface area contributed by atoms with Gasteiger partial charge in [0.15, 0.2) is 0 Å². The van der Waals surface area contributed by atoms with Crippen LogP contribution in [0.25, 0.3) is 0 Å². The van der Waals surface area contributed by atoms with E-state index in [1.165, 1.54) is 16.7 Å². The number of nitrogens with one attached hydrogen (secondary N) is 2. The molecule has 0 radical (unpaired) electrons. The van der Waals surface area contributed by atoms with E-state index >= 15 is 0 Å². The third kappa shape index (κ3) is 5.01. The highest BCUT2D eigenvalue weighted by atomic mass is 35.5. The highest BCUT2D eigenvalue weighted by Crippen LogP contribution is 2.27. The van der Waals surface area contributed by atoms with E-state index < -0.39 is 6.04 Å². The first-order valence-corrected chi connectivity index (χ1v) is 11.7. The summed E-state index contributed by atoms with van der Waals surface area (Å²) >= 11 is 7.41. The number of urea groups is 1. The van der Waals surface area contributed by atoms with Crippen LogP contribution in [0.15, 0.2) is 42.5 Å². The first-order chi connectivity index (χ1) is 15.4. The van der Waals surface area contributed by atoms with Gasteiger partial charge in [0.1, 0.15) is 12.6 Å². The van der Waals surface area contributed by atoms with E-state index in [2.05, 4.69) is 10.6 Å². The zero-order valence-electron chi connectivity index (χ0n) is 17.5. The summed E-state index contributed by atoms with van der Waals surface area (Å²) in [6.45, 7) is 2.97. The molecule has 4 amide bonds. The minimum absolute atomic E-state index is 0.0746. The van der Waals surface area contributed by atoms with Crippen molar-refractivity contribution in [1.82, 2.24) is 4.90 Å². The lowest BCUT2D eigenvalue weighted by molar-refractivity contribution is -0.125. The number of morpholine rings is 1. The van der Waals surface area contributed by atoms with Crippen molar-refractivity contribution in [3.05, 3.63) is 53.1 Å². The van der Waals surface area contributed by atoms with E-state index in [0.29, 0.717) is 41.2 Å². The number of hydrogen-bond acceptors (Lipinski definition) is 5. The van der Waals surface area contributed by atoms with E-state index in [4.69, 9.17) is 16.3 Å². The number of hydrogen-bond donors (Lipinski definition) is 2. The van der Waals surface area contributed by atoms with Gasteiger partial charge in [0.2, 0.25) is 5.91 Å². The van der Waals surface area contributed by atoms with Crippen LogP contribution in [0.3, 0.4) is 0 Å². The highest BCUT2D eigenvalue weighted by Gasteiger charge is 2.35. The van der Waals surface area contributed by atoms with Crippen molar-refractivity contribution in [2.75, 3.05) is 46.9 Å². The number of thioether (sulfide) groups is 1. The molecule has 32 heavy (non-hydrogen) atoms. The second-order valence-electron chi connectivity index (χ2n) is 7.51. The minimum Gasteiger partial charge on any atom is -0.370 e. The number of ether oxygens (including phenoxy) is 1. The number of halogens is 1. The zero-order valence-corrected chi connectivity index (χ0v) is 19.0. The van der Waals surface area contributed by atoms with Crippen molar-refractivity contribution in [3.63, 3.8) is 0 Å². The molecule has 2 aromatic rings. The predicted molar refractivity (Wildman–Crippen MR) is 126 cm³/mol. The molecule has 2 N–H and O–H groups in total. The molecule has 10 heteroatoms. The van der Waals surface area contributed by atoms with Gasteiger partial charge in [-0.1, -0.05) is 11.6 Å². The van der Waals surface area contributed by atoms with E-state index in [1.807, 2.05) is 19.1 Å². The Hall–Kier alpha value is -2.75. The predicted octanol–water partition coefficient (Wildman–Crippen LogP) is 3.56. The van der Waals surface area contributed by atoms with Crippen molar-refractivity contribution in [3.8, 4) is 0 Å². The van der Waals surface area contributed by atoms with Gasteiger partial charge in [-0.15, -0.1) is 11.8 Å². The molecule has 2 saturated heterocycles. The molecule has 2 fully saturated rings. The monoisotopic (exact) mass is 474 g/mol. The molecular weight excluding hydrogens is 452 g/mol. The lowest BCUT2D eigenvalue weighted by Crippen LogP contribution is -2.46. The smallest absolute Gasteiger partial charge is 0.323 e. The molecule has 2 aromatic carbocycles. The van der Waals surface area contributed by atoms with E-state index in [-0.39, 0.29) is 24.5 Å². The Morgan fingerprint density at radius 2 is 1.88 bits per heavy atom. The van der Waals surface area contributed by atoms with Crippen LogP contribution in [-0.4, -0.2) is 60.2 Å². The van der Waals surface area contributed by atoms with Gasteiger partial charge in [-0.05, 0) is 55.0 Å². The molecule has 1 atom stereocenters. The third-order valence-corrected chi connectivity index (χ3v) is 6.55. The lowest BCUT2D eigenvalue weighted by Gasteiger charge is -2.28. The summed E-state index contributed by atoms with van der Waals surface area (Å²) < 4.78 is 5.19. The van der Waals surface area contributed by atoms with Crippen molar-refractivity contribution in [1.29, 1.82) is 0 Å².